The van der Waals surface area contributed by atoms with Crippen molar-refractivity contribution in [3.63, 3.8) is 0 Å². The Labute approximate surface area is 121 Å². The van der Waals surface area contributed by atoms with Crippen molar-refractivity contribution < 1.29 is 4.74 Å². The third-order valence-electron chi connectivity index (χ3n) is 4.22. The summed E-state index contributed by atoms with van der Waals surface area (Å²) in [6, 6.07) is 3.86. The van der Waals surface area contributed by atoms with E-state index in [1.807, 2.05) is 12.1 Å². The van der Waals surface area contributed by atoms with Gasteiger partial charge in [0.25, 0.3) is 0 Å². The minimum atomic E-state index is 0.385. The highest BCUT2D eigenvalue weighted by Crippen LogP contribution is 2.35. The summed E-state index contributed by atoms with van der Waals surface area (Å²) in [5, 5.41) is 0.540. The molecule has 0 amide bonds. The molecule has 2 nitrogen and oxygen atoms in total. The average Bonchev–Trinajstić information content (AvgIpc) is 2.36. The van der Waals surface area contributed by atoms with Crippen molar-refractivity contribution in [2.75, 3.05) is 0 Å². The second-order valence-corrected chi connectivity index (χ2v) is 6.55. The zero-order valence-electron chi connectivity index (χ0n) is 12.1. The Morgan fingerprint density at radius 3 is 2.89 bits per heavy atom. The highest BCUT2D eigenvalue weighted by atomic mass is 35.5. The van der Waals surface area contributed by atoms with E-state index in [-0.39, 0.29) is 0 Å². The van der Waals surface area contributed by atoms with Gasteiger partial charge in [0.05, 0.1) is 12.7 Å². The molecule has 3 atom stereocenters. The molecule has 1 heterocycles. The first kappa shape index (κ1) is 14.8. The first-order valence-electron chi connectivity index (χ1n) is 7.28. The van der Waals surface area contributed by atoms with Crippen LogP contribution >= 0.6 is 11.6 Å². The second kappa shape index (κ2) is 6.71. The van der Waals surface area contributed by atoms with Gasteiger partial charge in [-0.2, -0.15) is 0 Å². The number of nitrogens with zero attached hydrogens (tertiary/aromatic N) is 1. The Kier molecular flexibility index (Phi) is 5.23. The summed E-state index contributed by atoms with van der Waals surface area (Å²) in [6.07, 6.45) is 5.94. The van der Waals surface area contributed by atoms with E-state index < -0.39 is 0 Å². The van der Waals surface area contributed by atoms with Crippen LogP contribution in [-0.4, -0.2) is 11.1 Å². The van der Waals surface area contributed by atoms with Crippen molar-refractivity contribution in [2.45, 2.75) is 52.7 Å². The quantitative estimate of drug-likeness (QED) is 0.746. The number of hydrogen-bond donors (Lipinski definition) is 0. The van der Waals surface area contributed by atoms with Crippen LogP contribution in [0.15, 0.2) is 18.3 Å². The fourth-order valence-electron chi connectivity index (χ4n) is 3.04. The molecule has 0 aromatic carbocycles. The molecule has 0 radical (unpaired) electrons. The molecule has 1 aliphatic carbocycles. The minimum absolute atomic E-state index is 0.385. The summed E-state index contributed by atoms with van der Waals surface area (Å²) in [5.74, 6) is 2.16. The van der Waals surface area contributed by atoms with Crippen molar-refractivity contribution in [2.24, 2.45) is 17.8 Å². The SMILES string of the molecule is CC1CCC(C(C)C)C(OCc2ccnc(Cl)c2)C1. The maximum absolute atomic E-state index is 6.18. The molecule has 1 aromatic heterocycles. The van der Waals surface area contributed by atoms with Crippen molar-refractivity contribution in [3.05, 3.63) is 29.0 Å². The fraction of sp³-hybridized carbons (Fsp3) is 0.688. The Balaban J connectivity index is 1.95. The number of pyridine rings is 1. The van der Waals surface area contributed by atoms with Crippen LogP contribution in [0.3, 0.4) is 0 Å². The third-order valence-corrected chi connectivity index (χ3v) is 4.42. The summed E-state index contributed by atoms with van der Waals surface area (Å²) >= 11 is 5.90. The number of rotatable bonds is 4. The highest BCUT2D eigenvalue weighted by Gasteiger charge is 2.31. The van der Waals surface area contributed by atoms with Crippen LogP contribution in [0.2, 0.25) is 5.15 Å². The monoisotopic (exact) mass is 281 g/mol. The normalized spacial score (nSPS) is 27.7. The molecule has 3 unspecified atom stereocenters. The molecule has 1 aromatic rings. The molecule has 0 aliphatic heterocycles. The molecule has 3 heteroatoms. The predicted molar refractivity (Wildman–Crippen MR) is 79.2 cm³/mol. The molecule has 1 aliphatic rings. The van der Waals surface area contributed by atoms with Crippen molar-refractivity contribution >= 4 is 11.6 Å². The van der Waals surface area contributed by atoms with E-state index in [0.717, 1.165) is 11.5 Å². The maximum Gasteiger partial charge on any atom is 0.129 e. The molecule has 1 saturated carbocycles. The molecule has 106 valence electrons. The minimum Gasteiger partial charge on any atom is -0.373 e. The van der Waals surface area contributed by atoms with Gasteiger partial charge in [-0.25, -0.2) is 4.98 Å². The molecular formula is C16H24ClNO. The van der Waals surface area contributed by atoms with Crippen LogP contribution in [0.1, 0.15) is 45.6 Å². The van der Waals surface area contributed by atoms with Gasteiger partial charge in [-0.05, 0) is 48.3 Å². The van der Waals surface area contributed by atoms with Gasteiger partial charge in [-0.3, -0.25) is 0 Å². The number of ether oxygens (including phenoxy) is 1. The van der Waals surface area contributed by atoms with Crippen LogP contribution in [-0.2, 0) is 11.3 Å². The number of aromatic nitrogens is 1. The summed E-state index contributed by atoms with van der Waals surface area (Å²) < 4.78 is 6.18. The van der Waals surface area contributed by atoms with Crippen molar-refractivity contribution in [1.82, 2.24) is 4.98 Å². The molecule has 0 bridgehead atoms. The van der Waals surface area contributed by atoms with Crippen LogP contribution < -0.4 is 0 Å². The molecule has 1 fully saturated rings. The van der Waals surface area contributed by atoms with Crippen molar-refractivity contribution in [3.8, 4) is 0 Å². The molecule has 0 N–H and O–H groups in total. The molecule has 0 saturated heterocycles. The van der Waals surface area contributed by atoms with Gasteiger partial charge in [0.2, 0.25) is 0 Å². The largest absolute Gasteiger partial charge is 0.373 e. The van der Waals surface area contributed by atoms with E-state index in [1.54, 1.807) is 6.20 Å². The Hall–Kier alpha value is -0.600. The smallest absolute Gasteiger partial charge is 0.129 e. The predicted octanol–water partition coefficient (Wildman–Crippen LogP) is 4.71. The summed E-state index contributed by atoms with van der Waals surface area (Å²) in [7, 11) is 0. The van der Waals surface area contributed by atoms with Crippen molar-refractivity contribution in [1.29, 1.82) is 0 Å². The first-order valence-corrected chi connectivity index (χ1v) is 7.66. The van der Waals surface area contributed by atoms with Crippen LogP contribution in [0.4, 0.5) is 0 Å². The van der Waals surface area contributed by atoms with Gasteiger partial charge >= 0.3 is 0 Å². The van der Waals surface area contributed by atoms with Crippen LogP contribution in [0, 0.1) is 17.8 Å². The molecule has 0 spiro atoms. The van der Waals surface area contributed by atoms with E-state index in [1.165, 1.54) is 19.3 Å². The zero-order valence-corrected chi connectivity index (χ0v) is 12.9. The number of hydrogen-bond acceptors (Lipinski definition) is 2. The van der Waals surface area contributed by atoms with Gasteiger partial charge < -0.3 is 4.74 Å². The molecular weight excluding hydrogens is 258 g/mol. The first-order chi connectivity index (χ1) is 9.06. The Morgan fingerprint density at radius 2 is 2.21 bits per heavy atom. The van der Waals surface area contributed by atoms with Crippen LogP contribution in [0.25, 0.3) is 0 Å². The van der Waals surface area contributed by atoms with Gasteiger partial charge in [0.1, 0.15) is 5.15 Å². The van der Waals surface area contributed by atoms with Crippen LogP contribution in [0.5, 0.6) is 0 Å². The summed E-state index contributed by atoms with van der Waals surface area (Å²) in [6.45, 7) is 7.58. The average molecular weight is 282 g/mol. The van der Waals surface area contributed by atoms with E-state index in [4.69, 9.17) is 16.3 Å². The molecule has 2 rings (SSSR count). The fourth-order valence-corrected chi connectivity index (χ4v) is 3.24. The summed E-state index contributed by atoms with van der Waals surface area (Å²) in [4.78, 5) is 4.00. The standard InChI is InChI=1S/C16H24ClNO/c1-11(2)14-5-4-12(3)8-15(14)19-10-13-6-7-18-16(17)9-13/h6-7,9,11-12,14-15H,4-5,8,10H2,1-3H3. The number of halogens is 1. The highest BCUT2D eigenvalue weighted by molar-refractivity contribution is 6.29. The lowest BCUT2D eigenvalue weighted by Gasteiger charge is -2.37. The topological polar surface area (TPSA) is 22.1 Å². The van der Waals surface area contributed by atoms with E-state index >= 15 is 0 Å². The van der Waals surface area contributed by atoms with Gasteiger partial charge in [0.15, 0.2) is 0 Å². The molecule has 19 heavy (non-hydrogen) atoms. The third kappa shape index (κ3) is 4.19. The van der Waals surface area contributed by atoms with E-state index in [2.05, 4.69) is 25.8 Å². The maximum atomic E-state index is 6.18. The summed E-state index contributed by atoms with van der Waals surface area (Å²) in [5.41, 5.74) is 1.11. The van der Waals surface area contributed by atoms with E-state index in [9.17, 15) is 0 Å². The lowest BCUT2D eigenvalue weighted by molar-refractivity contribution is -0.0472. The lowest BCUT2D eigenvalue weighted by Crippen LogP contribution is -2.34. The van der Waals surface area contributed by atoms with Gasteiger partial charge in [-0.15, -0.1) is 0 Å². The Morgan fingerprint density at radius 1 is 1.42 bits per heavy atom. The van der Waals surface area contributed by atoms with Gasteiger partial charge in [0, 0.05) is 6.20 Å². The van der Waals surface area contributed by atoms with E-state index in [0.29, 0.717) is 29.7 Å². The Bertz CT molecular complexity index is 407. The zero-order chi connectivity index (χ0) is 13.8. The van der Waals surface area contributed by atoms with Gasteiger partial charge in [-0.1, -0.05) is 38.8 Å². The second-order valence-electron chi connectivity index (χ2n) is 6.16. The lowest BCUT2D eigenvalue weighted by atomic mass is 9.75.